The standard InChI is InChI=1S/C30H34N8O4/c1-37(14-17-40-16-11-27(39)36-42-28-4-2-3-15-41-28)24-9-7-23(8-10-24)33-29-30-31-12-13-38(30)20-26(34-29)21-5-6-22-19-32-35-25(22)18-21/h5-10,12-13,18-20,28H,2-4,11,14-17H2,1H3,(H,32,35)(H,33,34)(H,36,39). The van der Waals surface area contributed by atoms with Crippen molar-refractivity contribution < 1.29 is 19.1 Å². The van der Waals surface area contributed by atoms with Gasteiger partial charge in [0.2, 0.25) is 5.91 Å². The minimum atomic E-state index is -0.351. The molecule has 3 aromatic heterocycles. The van der Waals surface area contributed by atoms with Crippen molar-refractivity contribution in [2.45, 2.75) is 32.0 Å². The first-order valence-corrected chi connectivity index (χ1v) is 14.1. The van der Waals surface area contributed by atoms with Crippen LogP contribution in [0.2, 0.25) is 0 Å². The molecule has 1 atom stereocenters. The molecule has 42 heavy (non-hydrogen) atoms. The number of H-pyrrole nitrogens is 1. The first-order chi connectivity index (χ1) is 20.6. The lowest BCUT2D eigenvalue weighted by Gasteiger charge is -2.22. The largest absolute Gasteiger partial charge is 0.379 e. The molecule has 1 aliphatic heterocycles. The molecule has 0 radical (unpaired) electrons. The summed E-state index contributed by atoms with van der Waals surface area (Å²) in [6, 6.07) is 14.2. The molecule has 1 aliphatic rings. The van der Waals surface area contributed by atoms with E-state index in [-0.39, 0.29) is 18.6 Å². The monoisotopic (exact) mass is 570 g/mol. The highest BCUT2D eigenvalue weighted by Crippen LogP contribution is 2.27. The number of imidazole rings is 1. The summed E-state index contributed by atoms with van der Waals surface area (Å²) in [5, 5.41) is 11.6. The summed E-state index contributed by atoms with van der Waals surface area (Å²) in [6.07, 6.45) is 10.2. The molecule has 218 valence electrons. The zero-order valence-corrected chi connectivity index (χ0v) is 23.5. The van der Waals surface area contributed by atoms with Crippen LogP contribution in [0.15, 0.2) is 67.3 Å². The smallest absolute Gasteiger partial charge is 0.245 e. The minimum absolute atomic E-state index is 0.216. The van der Waals surface area contributed by atoms with Crippen LogP contribution in [0, 0.1) is 0 Å². The maximum Gasteiger partial charge on any atom is 0.245 e. The molecule has 12 nitrogen and oxygen atoms in total. The summed E-state index contributed by atoms with van der Waals surface area (Å²) >= 11 is 0. The summed E-state index contributed by atoms with van der Waals surface area (Å²) in [5.41, 5.74) is 7.89. The molecule has 12 heteroatoms. The fourth-order valence-electron chi connectivity index (χ4n) is 4.77. The van der Waals surface area contributed by atoms with Gasteiger partial charge >= 0.3 is 0 Å². The van der Waals surface area contributed by atoms with E-state index in [1.807, 2.05) is 66.3 Å². The molecule has 2 aromatic carbocycles. The molecule has 1 amide bonds. The number of aromatic nitrogens is 5. The number of likely N-dealkylation sites (N-methyl/N-ethyl adjacent to an activating group) is 1. The average Bonchev–Trinajstić information content (AvgIpc) is 3.70. The zero-order valence-electron chi connectivity index (χ0n) is 23.5. The van der Waals surface area contributed by atoms with E-state index in [0.717, 1.165) is 58.4 Å². The highest BCUT2D eigenvalue weighted by molar-refractivity contribution is 5.84. The maximum absolute atomic E-state index is 12.0. The van der Waals surface area contributed by atoms with Gasteiger partial charge < -0.3 is 24.1 Å². The molecule has 3 N–H and O–H groups in total. The van der Waals surface area contributed by atoms with E-state index in [4.69, 9.17) is 19.3 Å². The van der Waals surface area contributed by atoms with Crippen LogP contribution in [-0.2, 0) is 19.1 Å². The van der Waals surface area contributed by atoms with Gasteiger partial charge in [0.15, 0.2) is 17.8 Å². The lowest BCUT2D eigenvalue weighted by atomic mass is 10.1. The number of carbonyl (C=O) groups excluding carboxylic acids is 1. The summed E-state index contributed by atoms with van der Waals surface area (Å²) in [7, 11) is 2.01. The molecule has 1 fully saturated rings. The number of carbonyl (C=O) groups is 1. The quantitative estimate of drug-likeness (QED) is 0.147. The first-order valence-electron chi connectivity index (χ1n) is 14.1. The molecule has 1 unspecified atom stereocenters. The normalized spacial score (nSPS) is 15.2. The van der Waals surface area contributed by atoms with Gasteiger partial charge in [-0.2, -0.15) is 5.10 Å². The number of hydroxylamine groups is 1. The number of amides is 1. The number of benzene rings is 2. The molecule has 0 aliphatic carbocycles. The molecule has 0 spiro atoms. The van der Waals surface area contributed by atoms with Crippen LogP contribution in [0.25, 0.3) is 27.8 Å². The summed E-state index contributed by atoms with van der Waals surface area (Å²) in [4.78, 5) is 28.7. The van der Waals surface area contributed by atoms with Crippen molar-refractivity contribution in [1.82, 2.24) is 30.0 Å². The Balaban J connectivity index is 1.00. The number of ether oxygens (including phenoxy) is 2. The van der Waals surface area contributed by atoms with Crippen molar-refractivity contribution in [3.05, 3.63) is 67.3 Å². The van der Waals surface area contributed by atoms with Crippen molar-refractivity contribution >= 4 is 39.6 Å². The van der Waals surface area contributed by atoms with Crippen LogP contribution in [0.5, 0.6) is 0 Å². The Morgan fingerprint density at radius 2 is 2.10 bits per heavy atom. The van der Waals surface area contributed by atoms with Crippen molar-refractivity contribution in [3.8, 4) is 11.3 Å². The summed E-state index contributed by atoms with van der Waals surface area (Å²) < 4.78 is 13.1. The lowest BCUT2D eigenvalue weighted by molar-refractivity contribution is -0.200. The second kappa shape index (κ2) is 13.0. The van der Waals surface area contributed by atoms with E-state index in [9.17, 15) is 4.79 Å². The molecule has 5 aromatic rings. The third kappa shape index (κ3) is 6.68. The van der Waals surface area contributed by atoms with Gasteiger partial charge in [-0.1, -0.05) is 12.1 Å². The summed E-state index contributed by atoms with van der Waals surface area (Å²) in [6.45, 7) is 2.16. The molecule has 0 bridgehead atoms. The van der Waals surface area contributed by atoms with Crippen LogP contribution in [0.1, 0.15) is 25.7 Å². The van der Waals surface area contributed by atoms with Gasteiger partial charge in [0.05, 0.1) is 37.0 Å². The molecule has 6 rings (SSSR count). The summed E-state index contributed by atoms with van der Waals surface area (Å²) in [5.74, 6) is 0.449. The van der Waals surface area contributed by atoms with Crippen LogP contribution >= 0.6 is 0 Å². The topological polar surface area (TPSA) is 131 Å². The van der Waals surface area contributed by atoms with Gasteiger partial charge in [0.25, 0.3) is 0 Å². The number of nitrogens with one attached hydrogen (secondary N) is 3. The van der Waals surface area contributed by atoms with E-state index in [0.29, 0.717) is 32.2 Å². The number of nitrogens with zero attached hydrogens (tertiary/aromatic N) is 5. The first kappa shape index (κ1) is 27.6. The van der Waals surface area contributed by atoms with Crippen LogP contribution < -0.4 is 15.7 Å². The Bertz CT molecular complexity index is 1630. The fourth-order valence-corrected chi connectivity index (χ4v) is 4.77. The Morgan fingerprint density at radius 3 is 2.95 bits per heavy atom. The Kier molecular flexibility index (Phi) is 8.54. The van der Waals surface area contributed by atoms with E-state index in [1.54, 1.807) is 12.4 Å². The van der Waals surface area contributed by atoms with E-state index >= 15 is 0 Å². The molecule has 0 saturated carbocycles. The molecule has 1 saturated heterocycles. The number of hydrogen-bond donors (Lipinski definition) is 3. The van der Waals surface area contributed by atoms with E-state index in [2.05, 4.69) is 30.9 Å². The Hall–Kier alpha value is -4.52. The highest BCUT2D eigenvalue weighted by Gasteiger charge is 2.16. The van der Waals surface area contributed by atoms with E-state index < -0.39 is 0 Å². The Morgan fingerprint density at radius 1 is 1.19 bits per heavy atom. The van der Waals surface area contributed by atoms with Crippen LogP contribution in [-0.4, -0.2) is 70.2 Å². The van der Waals surface area contributed by atoms with Gasteiger partial charge in [-0.25, -0.2) is 20.3 Å². The SMILES string of the molecule is CN(CCOCCC(=O)NOC1CCCCO1)c1ccc(Nc2nc(-c3ccc4cn[nH]c4c3)cn3ccnc23)cc1. The second-order valence-electron chi connectivity index (χ2n) is 10.2. The van der Waals surface area contributed by atoms with Gasteiger partial charge in [-0.15, -0.1) is 0 Å². The number of anilines is 3. The third-order valence-electron chi connectivity index (χ3n) is 7.17. The predicted molar refractivity (Wildman–Crippen MR) is 159 cm³/mol. The van der Waals surface area contributed by atoms with Crippen LogP contribution in [0.4, 0.5) is 17.2 Å². The van der Waals surface area contributed by atoms with Gasteiger partial charge in [-0.3, -0.25) is 9.89 Å². The van der Waals surface area contributed by atoms with Crippen LogP contribution in [0.3, 0.4) is 0 Å². The molecular weight excluding hydrogens is 536 g/mol. The van der Waals surface area contributed by atoms with Crippen molar-refractivity contribution in [1.29, 1.82) is 0 Å². The number of aromatic amines is 1. The maximum atomic E-state index is 12.0. The number of fused-ring (bicyclic) bond motifs is 2. The Labute approximate surface area is 243 Å². The van der Waals surface area contributed by atoms with Gasteiger partial charge in [0.1, 0.15) is 0 Å². The van der Waals surface area contributed by atoms with Gasteiger partial charge in [-0.05, 0) is 43.2 Å². The number of rotatable bonds is 12. The highest BCUT2D eigenvalue weighted by atomic mass is 16.8. The van der Waals surface area contributed by atoms with Gasteiger partial charge in [0, 0.05) is 67.5 Å². The third-order valence-corrected chi connectivity index (χ3v) is 7.17. The predicted octanol–water partition coefficient (Wildman–Crippen LogP) is 4.43. The lowest BCUT2D eigenvalue weighted by Crippen LogP contribution is -2.33. The van der Waals surface area contributed by atoms with Crippen molar-refractivity contribution in [2.24, 2.45) is 0 Å². The number of hydrogen-bond acceptors (Lipinski definition) is 9. The second-order valence-corrected chi connectivity index (χ2v) is 10.2. The molecule has 4 heterocycles. The zero-order chi connectivity index (χ0) is 28.7. The fraction of sp³-hybridized carbons (Fsp3) is 0.333. The average molecular weight is 571 g/mol. The van der Waals surface area contributed by atoms with Crippen molar-refractivity contribution in [3.63, 3.8) is 0 Å². The van der Waals surface area contributed by atoms with Crippen molar-refractivity contribution in [2.75, 3.05) is 43.6 Å². The molecular formula is C30H34N8O4. The van der Waals surface area contributed by atoms with E-state index in [1.165, 1.54) is 0 Å². The minimum Gasteiger partial charge on any atom is -0.379 e.